The fourth-order valence-electron chi connectivity index (χ4n) is 1.82. The number of nitrogens with one attached hydrogen (secondary N) is 2. The molecule has 1 unspecified atom stereocenters. The lowest BCUT2D eigenvalue weighted by molar-refractivity contribution is -0.136. The van der Waals surface area contributed by atoms with Crippen molar-refractivity contribution in [1.82, 2.24) is 10.6 Å². The van der Waals surface area contributed by atoms with E-state index >= 15 is 0 Å². The van der Waals surface area contributed by atoms with Crippen molar-refractivity contribution < 1.29 is 23.8 Å². The van der Waals surface area contributed by atoms with Gasteiger partial charge >= 0.3 is 12.0 Å². The normalized spacial score (nSPS) is 16.2. The van der Waals surface area contributed by atoms with Gasteiger partial charge in [0.15, 0.2) is 0 Å². The van der Waals surface area contributed by atoms with Crippen LogP contribution in [0.5, 0.6) is 5.75 Å². The predicted molar refractivity (Wildman–Crippen MR) is 71.1 cm³/mol. The molecule has 0 saturated heterocycles. The minimum atomic E-state index is -0.987. The first-order chi connectivity index (χ1) is 9.47. The smallest absolute Gasteiger partial charge is 0.315 e. The maximum atomic E-state index is 13.3. The molecule has 2 amide bonds. The monoisotopic (exact) mass is 346 g/mol. The molecule has 8 heteroatoms. The van der Waals surface area contributed by atoms with Crippen molar-refractivity contribution in [2.45, 2.75) is 12.5 Å². The Morgan fingerprint density at radius 1 is 1.50 bits per heavy atom. The van der Waals surface area contributed by atoms with Crippen LogP contribution in [0.4, 0.5) is 9.18 Å². The van der Waals surface area contributed by atoms with E-state index in [1.807, 2.05) is 0 Å². The molecular weight excluding hydrogens is 335 g/mol. The SMILES string of the molecule is O=C(O)CCNC(=O)NC1COc2cc(F)c(Br)cc21. The third-order valence-electron chi connectivity index (χ3n) is 2.76. The maximum Gasteiger partial charge on any atom is 0.315 e. The third kappa shape index (κ3) is 3.38. The van der Waals surface area contributed by atoms with E-state index < -0.39 is 23.9 Å². The van der Waals surface area contributed by atoms with E-state index in [-0.39, 0.29) is 19.6 Å². The van der Waals surface area contributed by atoms with Crippen LogP contribution < -0.4 is 15.4 Å². The molecule has 1 atom stereocenters. The number of urea groups is 1. The Balaban J connectivity index is 1.95. The van der Waals surface area contributed by atoms with Crippen molar-refractivity contribution in [2.24, 2.45) is 0 Å². The Morgan fingerprint density at radius 2 is 2.25 bits per heavy atom. The summed E-state index contributed by atoms with van der Waals surface area (Å²) in [5.41, 5.74) is 0.673. The van der Waals surface area contributed by atoms with Crippen LogP contribution in [-0.2, 0) is 4.79 Å². The molecule has 6 nitrogen and oxygen atoms in total. The molecule has 0 fully saturated rings. The zero-order valence-electron chi connectivity index (χ0n) is 10.3. The number of hydrogen-bond donors (Lipinski definition) is 3. The van der Waals surface area contributed by atoms with Crippen LogP contribution in [0.3, 0.4) is 0 Å². The third-order valence-corrected chi connectivity index (χ3v) is 3.37. The quantitative estimate of drug-likeness (QED) is 0.775. The first kappa shape index (κ1) is 14.6. The van der Waals surface area contributed by atoms with Crippen LogP contribution in [0.15, 0.2) is 16.6 Å². The van der Waals surface area contributed by atoms with E-state index in [0.29, 0.717) is 15.8 Å². The van der Waals surface area contributed by atoms with Crippen LogP contribution in [0.2, 0.25) is 0 Å². The van der Waals surface area contributed by atoms with Crippen molar-refractivity contribution in [3.05, 3.63) is 28.0 Å². The van der Waals surface area contributed by atoms with Gasteiger partial charge in [0.2, 0.25) is 0 Å². The number of amides is 2. The van der Waals surface area contributed by atoms with E-state index in [1.165, 1.54) is 6.07 Å². The fraction of sp³-hybridized carbons (Fsp3) is 0.333. The lowest BCUT2D eigenvalue weighted by atomic mass is 10.1. The predicted octanol–water partition coefficient (Wildman–Crippen LogP) is 1.80. The van der Waals surface area contributed by atoms with Gasteiger partial charge in [-0.1, -0.05) is 0 Å². The first-order valence-corrected chi connectivity index (χ1v) is 6.64. The van der Waals surface area contributed by atoms with Crippen molar-refractivity contribution in [1.29, 1.82) is 0 Å². The Labute approximate surface area is 122 Å². The molecule has 3 N–H and O–H groups in total. The van der Waals surface area contributed by atoms with Gasteiger partial charge in [-0.3, -0.25) is 4.79 Å². The highest BCUT2D eigenvalue weighted by Crippen LogP contribution is 2.35. The molecule has 1 aromatic rings. The van der Waals surface area contributed by atoms with Gasteiger partial charge in [-0.25, -0.2) is 9.18 Å². The topological polar surface area (TPSA) is 87.7 Å². The Morgan fingerprint density at radius 3 is 2.95 bits per heavy atom. The van der Waals surface area contributed by atoms with Crippen molar-refractivity contribution in [2.75, 3.05) is 13.2 Å². The molecule has 1 aliphatic heterocycles. The zero-order valence-corrected chi connectivity index (χ0v) is 11.9. The van der Waals surface area contributed by atoms with E-state index in [1.54, 1.807) is 6.07 Å². The second-order valence-electron chi connectivity index (χ2n) is 4.21. The van der Waals surface area contributed by atoms with Gasteiger partial charge in [0, 0.05) is 18.2 Å². The molecule has 0 aliphatic carbocycles. The fourth-order valence-corrected chi connectivity index (χ4v) is 2.18. The van der Waals surface area contributed by atoms with E-state index in [4.69, 9.17) is 9.84 Å². The molecular formula is C12H12BrFN2O4. The number of aliphatic carboxylic acids is 1. The molecule has 108 valence electrons. The minimum absolute atomic E-state index is 0.0364. The summed E-state index contributed by atoms with van der Waals surface area (Å²) in [6, 6.07) is 1.92. The summed E-state index contributed by atoms with van der Waals surface area (Å²) in [6.45, 7) is 0.242. The van der Waals surface area contributed by atoms with Gasteiger partial charge in [0.25, 0.3) is 0 Å². The summed E-state index contributed by atoms with van der Waals surface area (Å²) < 4.78 is 18.9. The molecule has 0 bridgehead atoms. The molecule has 2 rings (SSSR count). The highest BCUT2D eigenvalue weighted by molar-refractivity contribution is 9.10. The van der Waals surface area contributed by atoms with Gasteiger partial charge in [0.05, 0.1) is 16.9 Å². The summed E-state index contributed by atoms with van der Waals surface area (Å²) in [5.74, 6) is -1.03. The van der Waals surface area contributed by atoms with Gasteiger partial charge in [-0.05, 0) is 22.0 Å². The summed E-state index contributed by atoms with van der Waals surface area (Å²) in [4.78, 5) is 21.9. The number of carbonyl (C=O) groups excluding carboxylic acids is 1. The Kier molecular flexibility index (Phi) is 4.43. The number of fused-ring (bicyclic) bond motifs is 1. The number of benzene rings is 1. The summed E-state index contributed by atoms with van der Waals surface area (Å²) >= 11 is 3.08. The molecule has 0 radical (unpaired) electrons. The number of carboxylic acid groups (broad SMARTS) is 1. The Hall–Kier alpha value is -1.83. The first-order valence-electron chi connectivity index (χ1n) is 5.85. The van der Waals surface area contributed by atoms with E-state index in [2.05, 4.69) is 26.6 Å². The number of carbonyl (C=O) groups is 2. The highest BCUT2D eigenvalue weighted by Gasteiger charge is 2.27. The van der Waals surface area contributed by atoms with Crippen LogP contribution in [-0.4, -0.2) is 30.3 Å². The van der Waals surface area contributed by atoms with Crippen LogP contribution in [0.1, 0.15) is 18.0 Å². The largest absolute Gasteiger partial charge is 0.491 e. The average molecular weight is 347 g/mol. The average Bonchev–Trinajstić information content (AvgIpc) is 2.72. The Bertz CT molecular complexity index is 553. The molecule has 0 aromatic heterocycles. The number of hydrogen-bond acceptors (Lipinski definition) is 3. The number of ether oxygens (including phenoxy) is 1. The number of halogens is 2. The van der Waals surface area contributed by atoms with Gasteiger partial charge in [0.1, 0.15) is 18.2 Å². The minimum Gasteiger partial charge on any atom is -0.491 e. The van der Waals surface area contributed by atoms with Crippen molar-refractivity contribution in [3.8, 4) is 5.75 Å². The standard InChI is InChI=1S/C12H12BrFN2O4/c13-7-3-6-9(5-20-10(6)4-8(7)14)16-12(19)15-2-1-11(17)18/h3-4,9H,1-2,5H2,(H,17,18)(H2,15,16,19). The van der Waals surface area contributed by atoms with Gasteiger partial charge < -0.3 is 20.5 Å². The van der Waals surface area contributed by atoms with Crippen molar-refractivity contribution in [3.63, 3.8) is 0 Å². The molecule has 0 saturated carbocycles. The molecule has 1 aromatic carbocycles. The molecule has 1 aliphatic rings. The van der Waals surface area contributed by atoms with Gasteiger partial charge in [-0.15, -0.1) is 0 Å². The molecule has 1 heterocycles. The lowest BCUT2D eigenvalue weighted by Crippen LogP contribution is -2.39. The van der Waals surface area contributed by atoms with Crippen LogP contribution in [0.25, 0.3) is 0 Å². The zero-order chi connectivity index (χ0) is 14.7. The number of carboxylic acids is 1. The summed E-state index contributed by atoms with van der Waals surface area (Å²) in [6.07, 6.45) is -0.151. The molecule has 20 heavy (non-hydrogen) atoms. The van der Waals surface area contributed by atoms with Crippen LogP contribution in [0, 0.1) is 5.82 Å². The second-order valence-corrected chi connectivity index (χ2v) is 5.07. The molecule has 0 spiro atoms. The highest BCUT2D eigenvalue weighted by atomic mass is 79.9. The maximum absolute atomic E-state index is 13.3. The van der Waals surface area contributed by atoms with Crippen molar-refractivity contribution >= 4 is 27.9 Å². The lowest BCUT2D eigenvalue weighted by Gasteiger charge is -2.12. The van der Waals surface area contributed by atoms with E-state index in [9.17, 15) is 14.0 Å². The number of rotatable bonds is 4. The van der Waals surface area contributed by atoms with E-state index in [0.717, 1.165) is 0 Å². The second kappa shape index (κ2) is 6.08. The van der Waals surface area contributed by atoms with Gasteiger partial charge in [-0.2, -0.15) is 0 Å². The van der Waals surface area contributed by atoms with Crippen LogP contribution >= 0.6 is 15.9 Å². The summed E-state index contributed by atoms with van der Waals surface area (Å²) in [7, 11) is 0. The summed E-state index contributed by atoms with van der Waals surface area (Å²) in [5, 5.41) is 13.5.